The van der Waals surface area contributed by atoms with Crippen molar-refractivity contribution in [1.82, 2.24) is 14.8 Å². The van der Waals surface area contributed by atoms with Crippen molar-refractivity contribution in [3.63, 3.8) is 0 Å². The number of aryl methyl sites for hydroxylation is 1. The molecule has 0 aliphatic carbocycles. The highest BCUT2D eigenvalue weighted by Crippen LogP contribution is 2.21. The van der Waals surface area contributed by atoms with Gasteiger partial charge < -0.3 is 11.1 Å². The first-order chi connectivity index (χ1) is 11.6. The number of benzene rings is 1. The van der Waals surface area contributed by atoms with Gasteiger partial charge in [0.1, 0.15) is 5.69 Å². The summed E-state index contributed by atoms with van der Waals surface area (Å²) < 4.78 is 1.70. The fourth-order valence-corrected chi connectivity index (χ4v) is 2.19. The SMILES string of the molecule is Cn1cc(-c2ccc(C(=O)Nc3cc(C#N)ccc3N)nc2)cn1. The molecular formula is C17H14N6O. The maximum absolute atomic E-state index is 12.3. The number of nitrogen functional groups attached to an aromatic ring is 1. The van der Waals surface area contributed by atoms with Crippen molar-refractivity contribution < 1.29 is 4.79 Å². The second kappa shape index (κ2) is 6.22. The zero-order valence-electron chi connectivity index (χ0n) is 12.9. The molecule has 3 N–H and O–H groups in total. The molecule has 7 heteroatoms. The summed E-state index contributed by atoms with van der Waals surface area (Å²) in [5.41, 5.74) is 9.04. The third-order valence-corrected chi connectivity index (χ3v) is 3.46. The number of pyridine rings is 1. The van der Waals surface area contributed by atoms with Crippen molar-refractivity contribution in [2.75, 3.05) is 11.1 Å². The van der Waals surface area contributed by atoms with E-state index in [1.165, 1.54) is 6.07 Å². The van der Waals surface area contributed by atoms with Crippen molar-refractivity contribution in [1.29, 1.82) is 5.26 Å². The minimum atomic E-state index is -0.394. The molecule has 118 valence electrons. The second-order valence-corrected chi connectivity index (χ2v) is 5.20. The highest BCUT2D eigenvalue weighted by Gasteiger charge is 2.11. The first kappa shape index (κ1) is 15.2. The fourth-order valence-electron chi connectivity index (χ4n) is 2.19. The van der Waals surface area contributed by atoms with Crippen LogP contribution in [-0.2, 0) is 7.05 Å². The minimum absolute atomic E-state index is 0.254. The number of carbonyl (C=O) groups excluding carboxylic acids is 1. The van der Waals surface area contributed by atoms with Gasteiger partial charge in [0.15, 0.2) is 0 Å². The molecule has 0 saturated heterocycles. The van der Waals surface area contributed by atoms with E-state index >= 15 is 0 Å². The van der Waals surface area contributed by atoms with Crippen molar-refractivity contribution >= 4 is 17.3 Å². The molecule has 0 atom stereocenters. The average molecular weight is 318 g/mol. The van der Waals surface area contributed by atoms with E-state index in [1.54, 1.807) is 41.3 Å². The van der Waals surface area contributed by atoms with Crippen molar-refractivity contribution in [2.45, 2.75) is 0 Å². The summed E-state index contributed by atoms with van der Waals surface area (Å²) in [7, 11) is 1.83. The van der Waals surface area contributed by atoms with E-state index in [9.17, 15) is 4.79 Å². The Morgan fingerprint density at radius 1 is 1.25 bits per heavy atom. The number of amides is 1. The summed E-state index contributed by atoms with van der Waals surface area (Å²) in [6, 6.07) is 10.1. The van der Waals surface area contributed by atoms with E-state index < -0.39 is 5.91 Å². The Hall–Kier alpha value is -3.66. The molecule has 0 bridgehead atoms. The molecule has 3 aromatic rings. The monoisotopic (exact) mass is 318 g/mol. The maximum atomic E-state index is 12.3. The molecular weight excluding hydrogens is 304 g/mol. The van der Waals surface area contributed by atoms with Crippen molar-refractivity contribution in [3.8, 4) is 17.2 Å². The predicted molar refractivity (Wildman–Crippen MR) is 90.0 cm³/mol. The molecule has 24 heavy (non-hydrogen) atoms. The Balaban J connectivity index is 1.80. The molecule has 0 radical (unpaired) electrons. The van der Waals surface area contributed by atoms with Crippen LogP contribution in [0.3, 0.4) is 0 Å². The molecule has 0 unspecified atom stereocenters. The normalized spacial score (nSPS) is 10.2. The van der Waals surface area contributed by atoms with Crippen LogP contribution in [0.4, 0.5) is 11.4 Å². The second-order valence-electron chi connectivity index (χ2n) is 5.20. The molecule has 0 fully saturated rings. The quantitative estimate of drug-likeness (QED) is 0.719. The van der Waals surface area contributed by atoms with Gasteiger partial charge in [-0.25, -0.2) is 0 Å². The number of nitrogens with one attached hydrogen (secondary N) is 1. The zero-order valence-corrected chi connectivity index (χ0v) is 12.9. The van der Waals surface area contributed by atoms with Gasteiger partial charge in [-0.2, -0.15) is 10.4 Å². The van der Waals surface area contributed by atoms with E-state index in [2.05, 4.69) is 15.4 Å². The number of nitrogens with zero attached hydrogens (tertiary/aromatic N) is 4. The lowest BCUT2D eigenvalue weighted by atomic mass is 10.1. The van der Waals surface area contributed by atoms with Crippen LogP contribution >= 0.6 is 0 Å². The van der Waals surface area contributed by atoms with Crippen LogP contribution in [0.1, 0.15) is 16.1 Å². The molecule has 0 aliphatic heterocycles. The largest absolute Gasteiger partial charge is 0.397 e. The summed E-state index contributed by atoms with van der Waals surface area (Å²) in [6.45, 7) is 0. The first-order valence-corrected chi connectivity index (χ1v) is 7.13. The van der Waals surface area contributed by atoms with E-state index in [4.69, 9.17) is 11.0 Å². The van der Waals surface area contributed by atoms with Crippen molar-refractivity contribution in [2.24, 2.45) is 7.05 Å². The van der Waals surface area contributed by atoms with E-state index in [1.807, 2.05) is 19.3 Å². The Kier molecular flexibility index (Phi) is 3.95. The molecule has 2 aromatic heterocycles. The Labute approximate surface area is 138 Å². The smallest absolute Gasteiger partial charge is 0.274 e. The number of nitrogens with two attached hydrogens (primary N) is 1. The molecule has 1 aromatic carbocycles. The molecule has 3 rings (SSSR count). The van der Waals surface area contributed by atoms with Crippen LogP contribution < -0.4 is 11.1 Å². The zero-order chi connectivity index (χ0) is 17.1. The number of hydrogen-bond acceptors (Lipinski definition) is 5. The summed E-state index contributed by atoms with van der Waals surface area (Å²) in [4.78, 5) is 16.5. The molecule has 2 heterocycles. The van der Waals surface area contributed by atoms with Crippen LogP contribution in [0.2, 0.25) is 0 Å². The van der Waals surface area contributed by atoms with E-state index in [-0.39, 0.29) is 5.69 Å². The lowest BCUT2D eigenvalue weighted by Gasteiger charge is -2.08. The minimum Gasteiger partial charge on any atom is -0.397 e. The van der Waals surface area contributed by atoms with Gasteiger partial charge in [0.2, 0.25) is 0 Å². The maximum Gasteiger partial charge on any atom is 0.274 e. The molecule has 0 aliphatic rings. The number of hydrogen-bond donors (Lipinski definition) is 2. The third kappa shape index (κ3) is 3.08. The summed E-state index contributed by atoms with van der Waals surface area (Å²) in [5.74, 6) is -0.394. The number of rotatable bonds is 3. The average Bonchev–Trinajstić information content (AvgIpc) is 3.03. The number of carbonyl (C=O) groups is 1. The van der Waals surface area contributed by atoms with Gasteiger partial charge >= 0.3 is 0 Å². The Morgan fingerprint density at radius 3 is 2.71 bits per heavy atom. The van der Waals surface area contributed by atoms with Gasteiger partial charge in [-0.1, -0.05) is 6.07 Å². The molecule has 0 saturated carbocycles. The highest BCUT2D eigenvalue weighted by molar-refractivity contribution is 6.04. The number of nitriles is 1. The van der Waals surface area contributed by atoms with Gasteiger partial charge in [0.05, 0.1) is 29.2 Å². The summed E-state index contributed by atoms with van der Waals surface area (Å²) >= 11 is 0. The van der Waals surface area contributed by atoms with Crippen LogP contribution in [0.5, 0.6) is 0 Å². The lowest BCUT2D eigenvalue weighted by Crippen LogP contribution is -2.14. The fraction of sp³-hybridized carbons (Fsp3) is 0.0588. The number of anilines is 2. The third-order valence-electron chi connectivity index (χ3n) is 3.46. The highest BCUT2D eigenvalue weighted by atomic mass is 16.1. The van der Waals surface area contributed by atoms with Gasteiger partial charge in [0.25, 0.3) is 5.91 Å². The van der Waals surface area contributed by atoms with Gasteiger partial charge in [0, 0.05) is 30.6 Å². The first-order valence-electron chi connectivity index (χ1n) is 7.13. The number of aromatic nitrogens is 3. The standard InChI is InChI=1S/C17H14N6O/c1-23-10-13(9-21-23)12-3-5-15(20-8-12)17(24)22-16-6-11(7-18)2-4-14(16)19/h2-6,8-10H,19H2,1H3,(H,22,24). The van der Waals surface area contributed by atoms with Gasteiger partial charge in [-0.3, -0.25) is 14.5 Å². The van der Waals surface area contributed by atoms with Gasteiger partial charge in [-0.15, -0.1) is 0 Å². The Bertz CT molecular complexity index is 936. The van der Waals surface area contributed by atoms with Gasteiger partial charge in [-0.05, 0) is 24.3 Å². The van der Waals surface area contributed by atoms with E-state index in [0.29, 0.717) is 16.9 Å². The van der Waals surface area contributed by atoms with Crippen LogP contribution in [-0.4, -0.2) is 20.7 Å². The molecule has 0 spiro atoms. The lowest BCUT2D eigenvalue weighted by molar-refractivity contribution is 0.102. The van der Waals surface area contributed by atoms with E-state index in [0.717, 1.165) is 11.1 Å². The molecule has 1 amide bonds. The summed E-state index contributed by atoms with van der Waals surface area (Å²) in [5, 5.41) is 15.7. The topological polar surface area (TPSA) is 110 Å². The molecule has 7 nitrogen and oxygen atoms in total. The van der Waals surface area contributed by atoms with Crippen LogP contribution in [0.25, 0.3) is 11.1 Å². The predicted octanol–water partition coefficient (Wildman–Crippen LogP) is 2.19. The van der Waals surface area contributed by atoms with Crippen LogP contribution in [0.15, 0.2) is 48.9 Å². The summed E-state index contributed by atoms with van der Waals surface area (Å²) in [6.07, 6.45) is 5.21. The van der Waals surface area contributed by atoms with Crippen molar-refractivity contribution in [3.05, 3.63) is 60.2 Å². The van der Waals surface area contributed by atoms with Crippen LogP contribution in [0, 0.1) is 11.3 Å². The Morgan fingerprint density at radius 2 is 2.08 bits per heavy atom.